The number of nitro groups is 1. The molecule has 1 atom stereocenters. The van der Waals surface area contributed by atoms with Gasteiger partial charge >= 0.3 is 5.97 Å². The van der Waals surface area contributed by atoms with Gasteiger partial charge in [-0.3, -0.25) is 14.9 Å². The largest absolute Gasteiger partial charge is 0.465 e. The van der Waals surface area contributed by atoms with Crippen molar-refractivity contribution in [3.63, 3.8) is 0 Å². The SMILES string of the molecule is CCCCC(Sc1nc2ccccc2c2nc(-c3ccc([N+](=O)[O-])cc3)nn12)C(=O)OCC. The molecule has 170 valence electrons. The lowest BCUT2D eigenvalue weighted by atomic mass is 10.2. The number of non-ortho nitro benzene ring substituents is 1. The van der Waals surface area contributed by atoms with Gasteiger partial charge in [-0.05, 0) is 37.6 Å². The normalized spacial score (nSPS) is 12.2. The fourth-order valence-corrected chi connectivity index (χ4v) is 4.52. The maximum absolute atomic E-state index is 12.6. The fourth-order valence-electron chi connectivity index (χ4n) is 3.44. The third kappa shape index (κ3) is 4.80. The molecule has 2 aromatic carbocycles. The molecular weight excluding hydrogens is 442 g/mol. The number of hydrogen-bond acceptors (Lipinski definition) is 8. The number of unbranched alkanes of at least 4 members (excludes halogenated alkanes) is 1. The summed E-state index contributed by atoms with van der Waals surface area (Å²) in [5.74, 6) is 0.154. The molecule has 0 fully saturated rings. The summed E-state index contributed by atoms with van der Waals surface area (Å²) in [6.07, 6.45) is 2.52. The Balaban J connectivity index is 1.81. The van der Waals surface area contributed by atoms with E-state index >= 15 is 0 Å². The number of fused-ring (bicyclic) bond motifs is 3. The summed E-state index contributed by atoms with van der Waals surface area (Å²) in [7, 11) is 0. The second kappa shape index (κ2) is 9.95. The van der Waals surface area contributed by atoms with Crippen LogP contribution in [-0.2, 0) is 9.53 Å². The monoisotopic (exact) mass is 465 g/mol. The Labute approximate surface area is 194 Å². The van der Waals surface area contributed by atoms with Gasteiger partial charge in [0.2, 0.25) is 0 Å². The lowest BCUT2D eigenvalue weighted by Gasteiger charge is -2.15. The molecular formula is C23H23N5O4S. The van der Waals surface area contributed by atoms with E-state index in [0.717, 1.165) is 23.7 Å². The average molecular weight is 466 g/mol. The predicted octanol–water partition coefficient (Wildman–Crippen LogP) is 5.07. The van der Waals surface area contributed by atoms with Gasteiger partial charge in [-0.15, -0.1) is 5.10 Å². The Morgan fingerprint density at radius 3 is 2.61 bits per heavy atom. The molecule has 9 nitrogen and oxygen atoms in total. The number of para-hydroxylation sites is 1. The Hall–Kier alpha value is -3.53. The van der Waals surface area contributed by atoms with Crippen molar-refractivity contribution in [2.75, 3.05) is 6.61 Å². The Morgan fingerprint density at radius 1 is 1.15 bits per heavy atom. The van der Waals surface area contributed by atoms with Crippen LogP contribution in [0.1, 0.15) is 33.1 Å². The highest BCUT2D eigenvalue weighted by atomic mass is 32.2. The second-order valence-electron chi connectivity index (χ2n) is 7.39. The minimum Gasteiger partial charge on any atom is -0.465 e. The summed E-state index contributed by atoms with van der Waals surface area (Å²) in [5, 5.41) is 16.6. The van der Waals surface area contributed by atoms with Crippen LogP contribution in [0.3, 0.4) is 0 Å². The third-order valence-electron chi connectivity index (χ3n) is 5.10. The first-order valence-corrected chi connectivity index (χ1v) is 11.6. The molecule has 4 rings (SSSR count). The molecule has 0 amide bonds. The highest BCUT2D eigenvalue weighted by Crippen LogP contribution is 2.31. The molecule has 0 saturated heterocycles. The van der Waals surface area contributed by atoms with Crippen molar-refractivity contribution in [3.05, 3.63) is 58.6 Å². The third-order valence-corrected chi connectivity index (χ3v) is 6.29. The van der Waals surface area contributed by atoms with Gasteiger partial charge in [0.25, 0.3) is 5.69 Å². The average Bonchev–Trinajstić information content (AvgIpc) is 3.28. The molecule has 2 heterocycles. The van der Waals surface area contributed by atoms with Gasteiger partial charge in [0, 0.05) is 23.1 Å². The molecule has 0 N–H and O–H groups in total. The maximum atomic E-state index is 12.6. The number of nitro benzene ring substituents is 1. The molecule has 0 aliphatic heterocycles. The predicted molar refractivity (Wildman–Crippen MR) is 126 cm³/mol. The number of hydrogen-bond donors (Lipinski definition) is 0. The quantitative estimate of drug-likeness (QED) is 0.111. The Bertz CT molecular complexity index is 1310. The van der Waals surface area contributed by atoms with Gasteiger partial charge in [-0.25, -0.2) is 9.97 Å². The van der Waals surface area contributed by atoms with Crippen LogP contribution in [0.5, 0.6) is 0 Å². The number of aromatic nitrogens is 4. The number of esters is 1. The lowest BCUT2D eigenvalue weighted by molar-refractivity contribution is -0.384. The number of ether oxygens (including phenoxy) is 1. The molecule has 0 aliphatic carbocycles. The Kier molecular flexibility index (Phi) is 6.83. The van der Waals surface area contributed by atoms with E-state index in [2.05, 4.69) is 12.0 Å². The molecule has 0 spiro atoms. The maximum Gasteiger partial charge on any atom is 0.319 e. The van der Waals surface area contributed by atoms with E-state index in [-0.39, 0.29) is 11.7 Å². The summed E-state index contributed by atoms with van der Waals surface area (Å²) in [5.41, 5.74) is 2.00. The first-order valence-electron chi connectivity index (χ1n) is 10.8. The Morgan fingerprint density at radius 2 is 1.91 bits per heavy atom. The zero-order valence-electron chi connectivity index (χ0n) is 18.3. The van der Waals surface area contributed by atoms with E-state index < -0.39 is 10.2 Å². The topological polar surface area (TPSA) is 113 Å². The molecule has 33 heavy (non-hydrogen) atoms. The number of rotatable bonds is 9. The number of benzene rings is 2. The molecule has 2 aromatic heterocycles. The van der Waals surface area contributed by atoms with Gasteiger partial charge in [0.05, 0.1) is 17.0 Å². The van der Waals surface area contributed by atoms with Crippen molar-refractivity contribution in [3.8, 4) is 11.4 Å². The van der Waals surface area contributed by atoms with E-state index in [1.165, 1.54) is 23.9 Å². The van der Waals surface area contributed by atoms with Crippen molar-refractivity contribution in [2.24, 2.45) is 0 Å². The van der Waals surface area contributed by atoms with Gasteiger partial charge in [0.1, 0.15) is 5.25 Å². The highest BCUT2D eigenvalue weighted by molar-refractivity contribution is 8.00. The van der Waals surface area contributed by atoms with E-state index in [1.807, 2.05) is 24.3 Å². The zero-order chi connectivity index (χ0) is 23.4. The van der Waals surface area contributed by atoms with Gasteiger partial charge < -0.3 is 4.74 Å². The molecule has 0 bridgehead atoms. The fraction of sp³-hybridized carbons (Fsp3) is 0.304. The number of nitrogens with zero attached hydrogens (tertiary/aromatic N) is 5. The number of thioether (sulfide) groups is 1. The molecule has 4 aromatic rings. The summed E-state index contributed by atoms with van der Waals surface area (Å²) >= 11 is 1.32. The van der Waals surface area contributed by atoms with Gasteiger partial charge in [-0.2, -0.15) is 4.52 Å². The van der Waals surface area contributed by atoms with Crippen molar-refractivity contribution < 1.29 is 14.5 Å². The van der Waals surface area contributed by atoms with E-state index in [4.69, 9.17) is 14.7 Å². The van der Waals surface area contributed by atoms with Crippen molar-refractivity contribution in [1.29, 1.82) is 0 Å². The first kappa shape index (κ1) is 22.7. The number of carbonyl (C=O) groups is 1. The molecule has 1 unspecified atom stereocenters. The van der Waals surface area contributed by atoms with Crippen LogP contribution in [0, 0.1) is 10.1 Å². The smallest absolute Gasteiger partial charge is 0.319 e. The molecule has 0 aliphatic rings. The van der Waals surface area contributed by atoms with E-state index in [0.29, 0.717) is 35.2 Å². The van der Waals surface area contributed by atoms with Crippen LogP contribution in [0.4, 0.5) is 5.69 Å². The van der Waals surface area contributed by atoms with Crippen LogP contribution in [-0.4, -0.2) is 42.3 Å². The van der Waals surface area contributed by atoms with Gasteiger partial charge in [0.15, 0.2) is 16.6 Å². The second-order valence-corrected chi connectivity index (χ2v) is 8.56. The van der Waals surface area contributed by atoms with Crippen molar-refractivity contribution in [1.82, 2.24) is 19.6 Å². The van der Waals surface area contributed by atoms with Crippen molar-refractivity contribution in [2.45, 2.75) is 43.5 Å². The van der Waals surface area contributed by atoms with Crippen LogP contribution < -0.4 is 0 Å². The van der Waals surface area contributed by atoms with Crippen LogP contribution in [0.2, 0.25) is 0 Å². The lowest BCUT2D eigenvalue weighted by Crippen LogP contribution is -2.21. The highest BCUT2D eigenvalue weighted by Gasteiger charge is 2.24. The molecule has 0 radical (unpaired) electrons. The van der Waals surface area contributed by atoms with Crippen LogP contribution in [0.25, 0.3) is 27.9 Å². The molecule has 10 heteroatoms. The van der Waals surface area contributed by atoms with Gasteiger partial charge in [-0.1, -0.05) is 43.7 Å². The summed E-state index contributed by atoms with van der Waals surface area (Å²) < 4.78 is 6.93. The minimum atomic E-state index is -0.446. The van der Waals surface area contributed by atoms with Crippen LogP contribution >= 0.6 is 11.8 Å². The summed E-state index contributed by atoms with van der Waals surface area (Å²) in [6, 6.07) is 13.7. The zero-order valence-corrected chi connectivity index (χ0v) is 19.1. The summed E-state index contributed by atoms with van der Waals surface area (Å²) in [4.78, 5) is 32.6. The molecule has 0 saturated carbocycles. The van der Waals surface area contributed by atoms with Crippen molar-refractivity contribution >= 4 is 40.0 Å². The van der Waals surface area contributed by atoms with E-state index in [9.17, 15) is 14.9 Å². The number of carbonyl (C=O) groups excluding carboxylic acids is 1. The summed E-state index contributed by atoms with van der Waals surface area (Å²) in [6.45, 7) is 4.18. The first-order chi connectivity index (χ1) is 16.0. The van der Waals surface area contributed by atoms with Crippen LogP contribution in [0.15, 0.2) is 53.7 Å². The minimum absolute atomic E-state index is 0.000854. The standard InChI is InChI=1S/C23H23N5O4S/c1-3-5-10-19(22(29)32-4-2)33-23-24-18-9-7-6-8-17(18)21-25-20(26-27(21)23)15-11-13-16(14-12-15)28(30)31/h6-9,11-14,19H,3-5,10H2,1-2H3. The van der Waals surface area contributed by atoms with E-state index in [1.54, 1.807) is 23.6 Å².